The molecule has 1 aromatic carbocycles. The van der Waals surface area contributed by atoms with Crippen LogP contribution < -0.4 is 19.7 Å². The molecule has 29 heavy (non-hydrogen) atoms. The standard InChI is InChI=1S/C19H23N5O5/c1-27-15-9-12-14(10-16(15)28-2)20-11-21-17(12)23-4-6-24(7-5-23)19(26)22-13-3-8-29-18(13)25/h9-11,13H,3-8H2,1-2H3,(H,22,26). The maximum atomic E-state index is 12.4. The van der Waals surface area contributed by atoms with E-state index in [1.807, 2.05) is 12.1 Å². The third-order valence-corrected chi connectivity index (χ3v) is 5.22. The number of hydrogen-bond donors (Lipinski definition) is 1. The lowest BCUT2D eigenvalue weighted by Crippen LogP contribution is -2.54. The first-order valence-electron chi connectivity index (χ1n) is 9.44. The van der Waals surface area contributed by atoms with Gasteiger partial charge >= 0.3 is 12.0 Å². The number of nitrogens with zero attached hydrogens (tertiary/aromatic N) is 4. The van der Waals surface area contributed by atoms with Crippen LogP contribution in [0.25, 0.3) is 10.9 Å². The molecule has 3 heterocycles. The molecule has 2 aliphatic rings. The fourth-order valence-corrected chi connectivity index (χ4v) is 3.61. The highest BCUT2D eigenvalue weighted by Crippen LogP contribution is 2.34. The van der Waals surface area contributed by atoms with E-state index in [2.05, 4.69) is 20.2 Å². The number of esters is 1. The molecule has 2 fully saturated rings. The molecule has 10 heteroatoms. The molecule has 1 aromatic heterocycles. The number of fused-ring (bicyclic) bond motifs is 1. The van der Waals surface area contributed by atoms with Gasteiger partial charge in [0.1, 0.15) is 18.2 Å². The summed E-state index contributed by atoms with van der Waals surface area (Å²) >= 11 is 0. The van der Waals surface area contributed by atoms with Gasteiger partial charge in [0, 0.05) is 44.1 Å². The Balaban J connectivity index is 1.47. The van der Waals surface area contributed by atoms with Crippen molar-refractivity contribution >= 4 is 28.7 Å². The summed E-state index contributed by atoms with van der Waals surface area (Å²) < 4.78 is 15.6. The average molecular weight is 401 g/mol. The van der Waals surface area contributed by atoms with Crippen LogP contribution in [0.4, 0.5) is 10.6 Å². The van der Waals surface area contributed by atoms with Crippen molar-refractivity contribution in [2.24, 2.45) is 0 Å². The van der Waals surface area contributed by atoms with E-state index in [-0.39, 0.29) is 12.0 Å². The number of benzene rings is 1. The number of urea groups is 1. The van der Waals surface area contributed by atoms with E-state index in [1.54, 1.807) is 19.1 Å². The largest absolute Gasteiger partial charge is 0.493 e. The Hall–Kier alpha value is -3.30. The Morgan fingerprint density at radius 3 is 2.52 bits per heavy atom. The number of cyclic esters (lactones) is 1. The second-order valence-corrected chi connectivity index (χ2v) is 6.85. The molecule has 0 aliphatic carbocycles. The second kappa shape index (κ2) is 7.98. The monoisotopic (exact) mass is 401 g/mol. The number of carbonyl (C=O) groups is 2. The van der Waals surface area contributed by atoms with E-state index in [0.717, 1.165) is 16.7 Å². The van der Waals surface area contributed by atoms with Gasteiger partial charge in [-0.1, -0.05) is 0 Å². The number of amides is 2. The van der Waals surface area contributed by atoms with Gasteiger partial charge < -0.3 is 29.3 Å². The van der Waals surface area contributed by atoms with Crippen molar-refractivity contribution in [3.05, 3.63) is 18.5 Å². The number of rotatable bonds is 4. The minimum Gasteiger partial charge on any atom is -0.493 e. The van der Waals surface area contributed by atoms with E-state index in [4.69, 9.17) is 14.2 Å². The smallest absolute Gasteiger partial charge is 0.328 e. The summed E-state index contributed by atoms with van der Waals surface area (Å²) in [6.07, 6.45) is 2.04. The van der Waals surface area contributed by atoms with E-state index in [0.29, 0.717) is 50.7 Å². The van der Waals surface area contributed by atoms with Crippen LogP contribution in [-0.4, -0.2) is 79.9 Å². The second-order valence-electron chi connectivity index (χ2n) is 6.85. The number of anilines is 1. The van der Waals surface area contributed by atoms with Gasteiger partial charge in [-0.3, -0.25) is 0 Å². The number of carbonyl (C=O) groups excluding carboxylic acids is 2. The first-order chi connectivity index (χ1) is 14.1. The number of ether oxygens (including phenoxy) is 3. The summed E-state index contributed by atoms with van der Waals surface area (Å²) in [5.41, 5.74) is 0.757. The summed E-state index contributed by atoms with van der Waals surface area (Å²) in [6, 6.07) is 2.90. The Kier molecular flexibility index (Phi) is 5.24. The average Bonchev–Trinajstić information content (AvgIpc) is 3.16. The Morgan fingerprint density at radius 2 is 1.86 bits per heavy atom. The normalized spacial score (nSPS) is 19.2. The fourth-order valence-electron chi connectivity index (χ4n) is 3.61. The molecule has 10 nitrogen and oxygen atoms in total. The lowest BCUT2D eigenvalue weighted by atomic mass is 10.2. The summed E-state index contributed by atoms with van der Waals surface area (Å²) in [7, 11) is 3.17. The van der Waals surface area contributed by atoms with E-state index < -0.39 is 6.04 Å². The summed E-state index contributed by atoms with van der Waals surface area (Å²) in [5.74, 6) is 1.64. The summed E-state index contributed by atoms with van der Waals surface area (Å²) in [5, 5.41) is 3.61. The first kappa shape index (κ1) is 19.0. The van der Waals surface area contributed by atoms with Crippen molar-refractivity contribution in [2.45, 2.75) is 12.5 Å². The molecule has 2 aromatic rings. The molecular weight excluding hydrogens is 378 g/mol. The molecule has 2 aliphatic heterocycles. The quantitative estimate of drug-likeness (QED) is 0.750. The number of piperazine rings is 1. The fraction of sp³-hybridized carbons (Fsp3) is 0.474. The Morgan fingerprint density at radius 1 is 1.14 bits per heavy atom. The summed E-state index contributed by atoms with van der Waals surface area (Å²) in [4.78, 5) is 36.6. The molecule has 1 N–H and O–H groups in total. The first-order valence-corrected chi connectivity index (χ1v) is 9.44. The van der Waals surface area contributed by atoms with Gasteiger partial charge in [0.2, 0.25) is 0 Å². The molecule has 4 rings (SSSR count). The molecule has 0 spiro atoms. The number of methoxy groups -OCH3 is 2. The molecule has 0 bridgehead atoms. The Bertz CT molecular complexity index is 929. The van der Waals surface area contributed by atoms with Crippen molar-refractivity contribution in [2.75, 3.05) is 51.9 Å². The van der Waals surface area contributed by atoms with E-state index in [1.165, 1.54) is 6.33 Å². The van der Waals surface area contributed by atoms with E-state index >= 15 is 0 Å². The van der Waals surface area contributed by atoms with Gasteiger partial charge in [0.25, 0.3) is 0 Å². The molecule has 1 atom stereocenters. The van der Waals surface area contributed by atoms with Crippen LogP contribution in [0.1, 0.15) is 6.42 Å². The molecule has 154 valence electrons. The van der Waals surface area contributed by atoms with Crippen LogP contribution in [0.5, 0.6) is 11.5 Å². The molecular formula is C19H23N5O5. The van der Waals surface area contributed by atoms with Crippen molar-refractivity contribution in [1.82, 2.24) is 20.2 Å². The third kappa shape index (κ3) is 3.69. The maximum absolute atomic E-state index is 12.4. The van der Waals surface area contributed by atoms with Crippen LogP contribution in [-0.2, 0) is 9.53 Å². The zero-order valence-corrected chi connectivity index (χ0v) is 16.4. The molecule has 0 radical (unpaired) electrons. The lowest BCUT2D eigenvalue weighted by Gasteiger charge is -2.36. The van der Waals surface area contributed by atoms with Crippen molar-refractivity contribution in [1.29, 1.82) is 0 Å². The van der Waals surface area contributed by atoms with E-state index in [9.17, 15) is 9.59 Å². The predicted molar refractivity (Wildman–Crippen MR) is 104 cm³/mol. The Labute approximate surface area is 167 Å². The zero-order valence-electron chi connectivity index (χ0n) is 16.4. The summed E-state index contributed by atoms with van der Waals surface area (Å²) in [6.45, 7) is 2.62. The number of aromatic nitrogens is 2. The highest BCUT2D eigenvalue weighted by Gasteiger charge is 2.31. The highest BCUT2D eigenvalue weighted by molar-refractivity contribution is 5.92. The molecule has 2 saturated heterocycles. The minimum atomic E-state index is -0.547. The van der Waals surface area contributed by atoms with Crippen LogP contribution in [0.15, 0.2) is 18.5 Å². The van der Waals surface area contributed by atoms with Crippen molar-refractivity contribution < 1.29 is 23.8 Å². The van der Waals surface area contributed by atoms with Gasteiger partial charge in [0.15, 0.2) is 11.5 Å². The van der Waals surface area contributed by atoms with Gasteiger partial charge in [-0.2, -0.15) is 0 Å². The van der Waals surface area contributed by atoms with Crippen LogP contribution in [0.3, 0.4) is 0 Å². The number of nitrogens with one attached hydrogen (secondary N) is 1. The van der Waals surface area contributed by atoms with Crippen molar-refractivity contribution in [3.8, 4) is 11.5 Å². The van der Waals surface area contributed by atoms with Gasteiger partial charge in [-0.25, -0.2) is 19.6 Å². The lowest BCUT2D eigenvalue weighted by molar-refractivity contribution is -0.139. The molecule has 1 unspecified atom stereocenters. The molecule has 0 saturated carbocycles. The van der Waals surface area contributed by atoms with Gasteiger partial charge in [-0.05, 0) is 6.07 Å². The van der Waals surface area contributed by atoms with Gasteiger partial charge in [-0.15, -0.1) is 0 Å². The highest BCUT2D eigenvalue weighted by atomic mass is 16.5. The SMILES string of the molecule is COc1cc2ncnc(N3CCN(C(=O)NC4CCOC4=O)CC3)c2cc1OC. The van der Waals surface area contributed by atoms with Crippen LogP contribution in [0, 0.1) is 0 Å². The van der Waals surface area contributed by atoms with Gasteiger partial charge in [0.05, 0.1) is 26.3 Å². The zero-order chi connectivity index (χ0) is 20.4. The van der Waals surface area contributed by atoms with Crippen LogP contribution >= 0.6 is 0 Å². The molecule has 2 amide bonds. The van der Waals surface area contributed by atoms with Crippen molar-refractivity contribution in [3.63, 3.8) is 0 Å². The van der Waals surface area contributed by atoms with Crippen LogP contribution in [0.2, 0.25) is 0 Å². The third-order valence-electron chi connectivity index (χ3n) is 5.22. The minimum absolute atomic E-state index is 0.243. The topological polar surface area (TPSA) is 106 Å². The number of hydrogen-bond acceptors (Lipinski definition) is 8. The predicted octanol–water partition coefficient (Wildman–Crippen LogP) is 0.794. The maximum Gasteiger partial charge on any atom is 0.328 e.